The van der Waals surface area contributed by atoms with Gasteiger partial charge in [0.05, 0.1) is 18.6 Å². The summed E-state index contributed by atoms with van der Waals surface area (Å²) in [5, 5.41) is -0.323. The third-order valence-corrected chi connectivity index (χ3v) is 6.45. The number of benzene rings is 1. The fourth-order valence-corrected chi connectivity index (χ4v) is 4.98. The molecule has 25 heavy (non-hydrogen) atoms. The Bertz CT molecular complexity index is 682. The summed E-state index contributed by atoms with van der Waals surface area (Å²) in [6.45, 7) is 1.36. The van der Waals surface area contributed by atoms with Crippen molar-refractivity contribution in [3.05, 3.63) is 24.3 Å². The minimum absolute atomic E-state index is 0.0261. The van der Waals surface area contributed by atoms with Gasteiger partial charge in [0.2, 0.25) is 11.8 Å². The first-order chi connectivity index (χ1) is 12.1. The minimum Gasteiger partial charge on any atom is -0.468 e. The number of esters is 1. The molecule has 0 spiro atoms. The molecule has 0 unspecified atom stereocenters. The zero-order valence-electron chi connectivity index (χ0n) is 14.0. The van der Waals surface area contributed by atoms with Gasteiger partial charge in [-0.2, -0.15) is 0 Å². The standard InChI is InChI=1S/C17H20N2O4S2/c1-23-17(22)14-10-18(8-9-24-14)15(20)6-7-19-12-4-2-3-5-13(12)25-11-16(19)21/h2-5,14H,6-11H2,1H3/t14-/m0/s1. The van der Waals surface area contributed by atoms with Crippen LogP contribution >= 0.6 is 23.5 Å². The summed E-state index contributed by atoms with van der Waals surface area (Å²) >= 11 is 3.05. The van der Waals surface area contributed by atoms with E-state index in [-0.39, 0.29) is 29.5 Å². The van der Waals surface area contributed by atoms with Gasteiger partial charge in [-0.3, -0.25) is 14.4 Å². The molecule has 0 aromatic heterocycles. The second-order valence-electron chi connectivity index (χ2n) is 5.77. The van der Waals surface area contributed by atoms with E-state index in [1.807, 2.05) is 24.3 Å². The van der Waals surface area contributed by atoms with E-state index in [4.69, 9.17) is 4.74 Å². The molecule has 2 aliphatic heterocycles. The normalized spacial score (nSPS) is 20.2. The number of hydrogen-bond donors (Lipinski definition) is 0. The summed E-state index contributed by atoms with van der Waals surface area (Å²) in [6, 6.07) is 7.75. The maximum Gasteiger partial charge on any atom is 0.320 e. The zero-order chi connectivity index (χ0) is 17.8. The van der Waals surface area contributed by atoms with Crippen LogP contribution in [0.5, 0.6) is 0 Å². The molecular weight excluding hydrogens is 360 g/mol. The molecule has 0 radical (unpaired) electrons. The number of carbonyl (C=O) groups excluding carboxylic acids is 3. The van der Waals surface area contributed by atoms with Crippen molar-refractivity contribution in [1.29, 1.82) is 0 Å². The predicted molar refractivity (Wildman–Crippen MR) is 99.0 cm³/mol. The van der Waals surface area contributed by atoms with E-state index in [1.54, 1.807) is 9.80 Å². The van der Waals surface area contributed by atoms with Crippen LogP contribution in [0.15, 0.2) is 29.2 Å². The van der Waals surface area contributed by atoms with E-state index >= 15 is 0 Å². The van der Waals surface area contributed by atoms with Crippen LogP contribution in [0, 0.1) is 0 Å². The number of thioether (sulfide) groups is 2. The van der Waals surface area contributed by atoms with Crippen molar-refractivity contribution in [2.75, 3.05) is 43.1 Å². The van der Waals surface area contributed by atoms with Gasteiger partial charge in [-0.15, -0.1) is 23.5 Å². The van der Waals surface area contributed by atoms with Gasteiger partial charge < -0.3 is 14.5 Å². The summed E-state index contributed by atoms with van der Waals surface area (Å²) in [7, 11) is 1.36. The van der Waals surface area contributed by atoms with Gasteiger partial charge >= 0.3 is 5.97 Å². The summed E-state index contributed by atoms with van der Waals surface area (Å²) in [5.74, 6) is 0.819. The van der Waals surface area contributed by atoms with E-state index in [0.29, 0.717) is 31.1 Å². The second-order valence-corrected chi connectivity index (χ2v) is 8.10. The maximum absolute atomic E-state index is 12.5. The number of ether oxygens (including phenoxy) is 1. The van der Waals surface area contributed by atoms with Crippen LogP contribution in [0.4, 0.5) is 5.69 Å². The minimum atomic E-state index is -0.323. The highest BCUT2D eigenvalue weighted by Gasteiger charge is 2.30. The summed E-state index contributed by atoms with van der Waals surface area (Å²) < 4.78 is 4.77. The van der Waals surface area contributed by atoms with Crippen molar-refractivity contribution in [2.45, 2.75) is 16.6 Å². The van der Waals surface area contributed by atoms with E-state index in [9.17, 15) is 14.4 Å². The van der Waals surface area contributed by atoms with Crippen molar-refractivity contribution in [3.63, 3.8) is 0 Å². The van der Waals surface area contributed by atoms with Gasteiger partial charge in [-0.05, 0) is 12.1 Å². The monoisotopic (exact) mass is 380 g/mol. The second kappa shape index (κ2) is 8.14. The van der Waals surface area contributed by atoms with Crippen LogP contribution in [-0.2, 0) is 19.1 Å². The van der Waals surface area contributed by atoms with Crippen molar-refractivity contribution in [2.24, 2.45) is 0 Å². The molecular formula is C17H20N2O4S2. The smallest absolute Gasteiger partial charge is 0.320 e. The molecule has 134 valence electrons. The molecule has 2 aliphatic rings. The van der Waals surface area contributed by atoms with Crippen LogP contribution in [0.3, 0.4) is 0 Å². The zero-order valence-corrected chi connectivity index (χ0v) is 15.6. The number of anilines is 1. The molecule has 0 aliphatic carbocycles. The van der Waals surface area contributed by atoms with Crippen LogP contribution in [-0.4, -0.2) is 66.2 Å². The lowest BCUT2D eigenvalue weighted by molar-refractivity contribution is -0.141. The Balaban J connectivity index is 1.61. The molecule has 1 aromatic rings. The molecule has 0 N–H and O–H groups in total. The van der Waals surface area contributed by atoms with Gasteiger partial charge in [0.1, 0.15) is 5.25 Å². The Morgan fingerprint density at radius 1 is 1.32 bits per heavy atom. The first kappa shape index (κ1) is 18.1. The lowest BCUT2D eigenvalue weighted by Crippen LogP contribution is -2.46. The Kier molecular flexibility index (Phi) is 5.90. The molecule has 8 heteroatoms. The van der Waals surface area contributed by atoms with Gasteiger partial charge in [-0.1, -0.05) is 12.1 Å². The highest BCUT2D eigenvalue weighted by Crippen LogP contribution is 2.35. The van der Waals surface area contributed by atoms with E-state index in [0.717, 1.165) is 10.6 Å². The van der Waals surface area contributed by atoms with E-state index in [2.05, 4.69) is 0 Å². The highest BCUT2D eigenvalue weighted by molar-refractivity contribution is 8.00. The molecule has 1 fully saturated rings. The molecule has 1 aromatic carbocycles. The van der Waals surface area contributed by atoms with Crippen molar-refractivity contribution < 1.29 is 19.1 Å². The van der Waals surface area contributed by atoms with Crippen LogP contribution < -0.4 is 4.90 Å². The first-order valence-electron chi connectivity index (χ1n) is 8.09. The Labute approximate surface area is 155 Å². The average Bonchev–Trinajstić information content (AvgIpc) is 2.66. The number of methoxy groups -OCH3 is 1. The molecule has 2 amide bonds. The molecule has 0 saturated carbocycles. The highest BCUT2D eigenvalue weighted by atomic mass is 32.2. The topological polar surface area (TPSA) is 66.9 Å². The number of fused-ring (bicyclic) bond motifs is 1. The fraction of sp³-hybridized carbons (Fsp3) is 0.471. The van der Waals surface area contributed by atoms with Gasteiger partial charge in [-0.25, -0.2) is 0 Å². The van der Waals surface area contributed by atoms with E-state index < -0.39 is 0 Å². The number of hydrogen-bond acceptors (Lipinski definition) is 6. The van der Waals surface area contributed by atoms with E-state index in [1.165, 1.54) is 30.6 Å². The number of nitrogens with zero attached hydrogens (tertiary/aromatic N) is 2. The summed E-state index contributed by atoms with van der Waals surface area (Å²) in [5.41, 5.74) is 0.873. The predicted octanol–water partition coefficient (Wildman–Crippen LogP) is 1.63. The van der Waals surface area contributed by atoms with Crippen LogP contribution in [0.2, 0.25) is 0 Å². The Morgan fingerprint density at radius 3 is 2.92 bits per heavy atom. The molecule has 3 rings (SSSR count). The lowest BCUT2D eigenvalue weighted by atomic mass is 10.2. The van der Waals surface area contributed by atoms with Crippen molar-refractivity contribution >= 4 is 47.0 Å². The lowest BCUT2D eigenvalue weighted by Gasteiger charge is -2.33. The van der Waals surface area contributed by atoms with Gasteiger partial charge in [0.25, 0.3) is 0 Å². The SMILES string of the molecule is COC(=O)[C@@H]1CN(C(=O)CCN2C(=O)CSc3ccccc32)CCS1. The van der Waals surface area contributed by atoms with Gasteiger partial charge in [0.15, 0.2) is 0 Å². The van der Waals surface area contributed by atoms with Crippen LogP contribution in [0.1, 0.15) is 6.42 Å². The van der Waals surface area contributed by atoms with Crippen LogP contribution in [0.25, 0.3) is 0 Å². The molecule has 6 nitrogen and oxygen atoms in total. The number of rotatable bonds is 4. The summed E-state index contributed by atoms with van der Waals surface area (Å²) in [4.78, 5) is 40.9. The summed E-state index contributed by atoms with van der Waals surface area (Å²) in [6.07, 6.45) is 0.253. The quantitative estimate of drug-likeness (QED) is 0.740. The molecule has 1 saturated heterocycles. The third-order valence-electron chi connectivity index (χ3n) is 4.24. The van der Waals surface area contributed by atoms with Crippen molar-refractivity contribution in [3.8, 4) is 0 Å². The van der Waals surface area contributed by atoms with Crippen molar-refractivity contribution in [1.82, 2.24) is 4.90 Å². The largest absolute Gasteiger partial charge is 0.468 e. The molecule has 0 bridgehead atoms. The average molecular weight is 380 g/mol. The molecule has 1 atom stereocenters. The maximum atomic E-state index is 12.5. The first-order valence-corrected chi connectivity index (χ1v) is 10.1. The third kappa shape index (κ3) is 4.12. The Hall–Kier alpha value is -1.67. The molecule has 2 heterocycles. The Morgan fingerprint density at radius 2 is 2.12 bits per heavy atom. The number of para-hydroxylation sites is 1. The van der Waals surface area contributed by atoms with Gasteiger partial charge in [0, 0.05) is 36.7 Å². The number of amides is 2. The fourth-order valence-electron chi connectivity index (χ4n) is 2.91. The number of carbonyl (C=O) groups is 3.